The first-order chi connectivity index (χ1) is 6.93. The zero-order valence-electron chi connectivity index (χ0n) is 7.34. The average molecular weight is 208 g/mol. The van der Waals surface area contributed by atoms with E-state index in [-0.39, 0.29) is 0 Å². The zero-order valence-corrected chi connectivity index (χ0v) is 8.16. The third kappa shape index (κ3) is 1.21. The van der Waals surface area contributed by atoms with Crippen LogP contribution in [0.5, 0.6) is 0 Å². The van der Waals surface area contributed by atoms with E-state index in [1.165, 1.54) is 10.6 Å². The van der Waals surface area contributed by atoms with Gasteiger partial charge in [0.15, 0.2) is 0 Å². The lowest BCUT2D eigenvalue weighted by Crippen LogP contribution is -2.22. The largest absolute Gasteiger partial charge is 0.311 e. The highest BCUT2D eigenvalue weighted by molar-refractivity contribution is 7.14. The molecule has 0 atom stereocenters. The highest BCUT2D eigenvalue weighted by Gasteiger charge is 2.15. The molecule has 14 heavy (non-hydrogen) atoms. The Bertz CT molecular complexity index is 409. The molecule has 7 heteroatoms. The first-order valence-electron chi connectivity index (χ1n) is 4.36. The van der Waals surface area contributed by atoms with Crippen LogP contribution in [0.15, 0.2) is 6.33 Å². The lowest BCUT2D eigenvalue weighted by Gasteiger charge is -2.09. The van der Waals surface area contributed by atoms with Gasteiger partial charge in [-0.1, -0.05) is 11.3 Å². The fourth-order valence-corrected chi connectivity index (χ4v) is 2.45. The molecule has 1 aliphatic heterocycles. The quantitative estimate of drug-likeness (QED) is 0.700. The van der Waals surface area contributed by atoms with Crippen molar-refractivity contribution in [1.29, 1.82) is 0 Å². The van der Waals surface area contributed by atoms with Crippen LogP contribution in [0.3, 0.4) is 0 Å². The molecule has 0 unspecified atom stereocenters. The predicted octanol–water partition coefficient (Wildman–Crippen LogP) is -0.236. The standard InChI is InChI=1S/C7H8N6S/c1-2-8-3-6-5(1)10-7(14-6)13-4-9-11-12-13/h4,8H,1-3H2. The van der Waals surface area contributed by atoms with Crippen molar-refractivity contribution in [3.63, 3.8) is 0 Å². The first kappa shape index (κ1) is 8.01. The van der Waals surface area contributed by atoms with E-state index >= 15 is 0 Å². The Morgan fingerprint density at radius 1 is 1.50 bits per heavy atom. The van der Waals surface area contributed by atoms with E-state index in [0.717, 1.165) is 24.6 Å². The van der Waals surface area contributed by atoms with E-state index in [0.29, 0.717) is 0 Å². The maximum Gasteiger partial charge on any atom is 0.213 e. The van der Waals surface area contributed by atoms with Gasteiger partial charge in [0.2, 0.25) is 5.13 Å². The number of hydrogen-bond acceptors (Lipinski definition) is 6. The van der Waals surface area contributed by atoms with Crippen molar-refractivity contribution >= 4 is 11.3 Å². The molecule has 3 heterocycles. The Morgan fingerprint density at radius 3 is 3.29 bits per heavy atom. The minimum Gasteiger partial charge on any atom is -0.311 e. The summed E-state index contributed by atoms with van der Waals surface area (Å²) < 4.78 is 1.60. The molecule has 0 amide bonds. The lowest BCUT2D eigenvalue weighted by molar-refractivity contribution is 0.642. The third-order valence-corrected chi connectivity index (χ3v) is 3.22. The van der Waals surface area contributed by atoms with Crippen LogP contribution in [-0.4, -0.2) is 31.7 Å². The van der Waals surface area contributed by atoms with Gasteiger partial charge in [0.1, 0.15) is 6.33 Å². The molecule has 3 rings (SSSR count). The molecule has 0 saturated carbocycles. The van der Waals surface area contributed by atoms with Crippen molar-refractivity contribution in [3.8, 4) is 5.13 Å². The number of rotatable bonds is 1. The molecule has 0 radical (unpaired) electrons. The van der Waals surface area contributed by atoms with Gasteiger partial charge in [-0.25, -0.2) is 4.98 Å². The van der Waals surface area contributed by atoms with Crippen molar-refractivity contribution in [3.05, 3.63) is 16.9 Å². The zero-order chi connectivity index (χ0) is 9.38. The summed E-state index contributed by atoms with van der Waals surface area (Å²) >= 11 is 1.64. The van der Waals surface area contributed by atoms with Gasteiger partial charge in [-0.2, -0.15) is 4.68 Å². The molecule has 1 N–H and O–H groups in total. The van der Waals surface area contributed by atoms with Crippen molar-refractivity contribution < 1.29 is 0 Å². The Labute approximate surface area is 84.0 Å². The molecule has 0 bridgehead atoms. The summed E-state index contributed by atoms with van der Waals surface area (Å²) in [6, 6.07) is 0. The molecule has 0 fully saturated rings. The summed E-state index contributed by atoms with van der Waals surface area (Å²) in [6.07, 6.45) is 2.56. The second kappa shape index (κ2) is 3.10. The summed E-state index contributed by atoms with van der Waals surface area (Å²) in [4.78, 5) is 5.79. The van der Waals surface area contributed by atoms with Crippen molar-refractivity contribution in [2.75, 3.05) is 6.54 Å². The van der Waals surface area contributed by atoms with Crippen LogP contribution < -0.4 is 5.32 Å². The second-order valence-electron chi connectivity index (χ2n) is 3.05. The number of tetrazole rings is 1. The molecular weight excluding hydrogens is 200 g/mol. The van der Waals surface area contributed by atoms with Gasteiger partial charge in [-0.15, -0.1) is 5.10 Å². The molecule has 6 nitrogen and oxygen atoms in total. The Morgan fingerprint density at radius 2 is 2.50 bits per heavy atom. The van der Waals surface area contributed by atoms with Gasteiger partial charge in [0.25, 0.3) is 0 Å². The molecule has 0 aliphatic carbocycles. The minimum atomic E-state index is 0.851. The highest BCUT2D eigenvalue weighted by Crippen LogP contribution is 2.23. The molecule has 2 aromatic heterocycles. The minimum absolute atomic E-state index is 0.851. The van der Waals surface area contributed by atoms with Crippen LogP contribution in [0.1, 0.15) is 10.6 Å². The maximum absolute atomic E-state index is 4.49. The molecule has 0 spiro atoms. The average Bonchev–Trinajstić information content (AvgIpc) is 2.86. The number of hydrogen-bond donors (Lipinski definition) is 1. The summed E-state index contributed by atoms with van der Waals surface area (Å²) in [5, 5.41) is 15.1. The Balaban J connectivity index is 2.04. The van der Waals surface area contributed by atoms with Crippen molar-refractivity contribution in [2.45, 2.75) is 13.0 Å². The number of aromatic nitrogens is 5. The van der Waals surface area contributed by atoms with E-state index in [9.17, 15) is 0 Å². The van der Waals surface area contributed by atoms with Gasteiger partial charge >= 0.3 is 0 Å². The van der Waals surface area contributed by atoms with E-state index in [1.807, 2.05) is 0 Å². The lowest BCUT2D eigenvalue weighted by atomic mass is 10.2. The summed E-state index contributed by atoms with van der Waals surface area (Å²) in [5.74, 6) is 0. The summed E-state index contributed by atoms with van der Waals surface area (Å²) in [5.41, 5.74) is 1.18. The van der Waals surface area contributed by atoms with E-state index in [1.54, 1.807) is 22.3 Å². The second-order valence-corrected chi connectivity index (χ2v) is 4.11. The van der Waals surface area contributed by atoms with E-state index in [2.05, 4.69) is 25.8 Å². The summed E-state index contributed by atoms with van der Waals surface area (Å²) in [7, 11) is 0. The molecule has 0 aromatic carbocycles. The summed E-state index contributed by atoms with van der Waals surface area (Å²) in [6.45, 7) is 1.92. The SMILES string of the molecule is c1nnnn1-c1nc2c(s1)CNCC2. The van der Waals surface area contributed by atoms with Gasteiger partial charge in [0.05, 0.1) is 5.69 Å². The van der Waals surface area contributed by atoms with Crippen LogP contribution in [0.25, 0.3) is 5.13 Å². The predicted molar refractivity (Wildman–Crippen MR) is 50.2 cm³/mol. The van der Waals surface area contributed by atoms with Crippen molar-refractivity contribution in [2.24, 2.45) is 0 Å². The Hall–Kier alpha value is -1.34. The normalized spacial score (nSPS) is 15.4. The number of thiazole rings is 1. The van der Waals surface area contributed by atoms with E-state index in [4.69, 9.17) is 0 Å². The first-order valence-corrected chi connectivity index (χ1v) is 5.18. The van der Waals surface area contributed by atoms with Crippen LogP contribution in [-0.2, 0) is 13.0 Å². The van der Waals surface area contributed by atoms with Gasteiger partial charge in [-0.05, 0) is 10.4 Å². The third-order valence-electron chi connectivity index (χ3n) is 2.14. The van der Waals surface area contributed by atoms with Crippen LogP contribution >= 0.6 is 11.3 Å². The topological polar surface area (TPSA) is 68.5 Å². The molecule has 1 aliphatic rings. The highest BCUT2D eigenvalue weighted by atomic mass is 32.1. The van der Waals surface area contributed by atoms with Crippen LogP contribution in [0.2, 0.25) is 0 Å². The molecule has 72 valence electrons. The van der Waals surface area contributed by atoms with E-state index < -0.39 is 0 Å². The number of nitrogens with zero attached hydrogens (tertiary/aromatic N) is 5. The monoisotopic (exact) mass is 208 g/mol. The smallest absolute Gasteiger partial charge is 0.213 e. The molecular formula is C7H8N6S. The van der Waals surface area contributed by atoms with Gasteiger partial charge in [0, 0.05) is 24.4 Å². The van der Waals surface area contributed by atoms with Crippen molar-refractivity contribution in [1.82, 2.24) is 30.5 Å². The fourth-order valence-electron chi connectivity index (χ4n) is 1.46. The molecule has 2 aromatic rings. The number of fused-ring (bicyclic) bond motifs is 1. The fraction of sp³-hybridized carbons (Fsp3) is 0.429. The van der Waals surface area contributed by atoms with Crippen LogP contribution in [0, 0.1) is 0 Å². The maximum atomic E-state index is 4.49. The molecule has 0 saturated heterocycles. The number of nitrogens with one attached hydrogen (secondary N) is 1. The van der Waals surface area contributed by atoms with Gasteiger partial charge in [-0.3, -0.25) is 0 Å². The Kier molecular flexibility index (Phi) is 1.78. The van der Waals surface area contributed by atoms with Gasteiger partial charge < -0.3 is 5.32 Å². The van der Waals surface area contributed by atoms with Crippen LogP contribution in [0.4, 0.5) is 0 Å².